The number of hydrogen-bond acceptors (Lipinski definition) is 2. The molecule has 2 saturated carbocycles. The third-order valence-electron chi connectivity index (χ3n) is 4.86. The summed E-state index contributed by atoms with van der Waals surface area (Å²) >= 11 is 0. The lowest BCUT2D eigenvalue weighted by molar-refractivity contribution is 0.411. The Morgan fingerprint density at radius 2 is 2.06 bits per heavy atom. The summed E-state index contributed by atoms with van der Waals surface area (Å²) in [4.78, 5) is 0. The maximum absolute atomic E-state index is 4.81. The molecule has 0 spiro atoms. The normalized spacial score (nSPS) is 29.2. The van der Waals surface area contributed by atoms with Crippen LogP contribution in [0.2, 0.25) is 0 Å². The topological polar surface area (TPSA) is 29.9 Å². The molecule has 1 aromatic rings. The first-order valence-electron chi connectivity index (χ1n) is 7.58. The molecule has 2 aliphatic carbocycles. The van der Waals surface area contributed by atoms with E-state index in [0.29, 0.717) is 12.1 Å². The Morgan fingerprint density at radius 3 is 2.83 bits per heavy atom. The summed E-state index contributed by atoms with van der Waals surface area (Å²) in [6, 6.07) is 3.63. The molecule has 1 N–H and O–H groups in total. The predicted octanol–water partition coefficient (Wildman–Crippen LogP) is 2.93. The molecule has 2 atom stereocenters. The molecule has 3 heteroatoms. The van der Waals surface area contributed by atoms with E-state index in [-0.39, 0.29) is 0 Å². The molecular formula is C15H25N3. The molecule has 0 aliphatic heterocycles. The van der Waals surface area contributed by atoms with Gasteiger partial charge in [0.05, 0.1) is 11.7 Å². The van der Waals surface area contributed by atoms with Crippen molar-refractivity contribution in [2.75, 3.05) is 7.05 Å². The largest absolute Gasteiger partial charge is 0.317 e. The first-order valence-corrected chi connectivity index (χ1v) is 7.58. The smallest absolute Gasteiger partial charge is 0.0628 e. The Labute approximate surface area is 110 Å². The average Bonchev–Trinajstić information content (AvgIpc) is 3.10. The molecular weight excluding hydrogens is 222 g/mol. The molecule has 1 heterocycles. The van der Waals surface area contributed by atoms with E-state index in [0.717, 1.165) is 12.3 Å². The van der Waals surface area contributed by atoms with E-state index in [2.05, 4.69) is 29.3 Å². The van der Waals surface area contributed by atoms with Crippen molar-refractivity contribution >= 4 is 0 Å². The molecule has 3 nitrogen and oxygen atoms in total. The van der Waals surface area contributed by atoms with Gasteiger partial charge in [-0.25, -0.2) is 0 Å². The molecule has 100 valence electrons. The summed E-state index contributed by atoms with van der Waals surface area (Å²) in [5.41, 5.74) is 1.30. The van der Waals surface area contributed by atoms with Crippen LogP contribution in [0.25, 0.3) is 0 Å². The van der Waals surface area contributed by atoms with E-state index in [1.165, 1.54) is 50.6 Å². The van der Waals surface area contributed by atoms with Gasteiger partial charge in [0.25, 0.3) is 0 Å². The summed E-state index contributed by atoms with van der Waals surface area (Å²) in [6.07, 6.45) is 12.8. The van der Waals surface area contributed by atoms with Gasteiger partial charge in [0, 0.05) is 12.2 Å². The van der Waals surface area contributed by atoms with Crippen LogP contribution in [-0.2, 0) is 6.42 Å². The van der Waals surface area contributed by atoms with Crippen LogP contribution in [0.15, 0.2) is 12.3 Å². The molecule has 2 unspecified atom stereocenters. The molecule has 0 saturated heterocycles. The van der Waals surface area contributed by atoms with Gasteiger partial charge in [0.2, 0.25) is 0 Å². The fourth-order valence-corrected chi connectivity index (χ4v) is 3.79. The van der Waals surface area contributed by atoms with Crippen molar-refractivity contribution < 1.29 is 0 Å². The van der Waals surface area contributed by atoms with Gasteiger partial charge in [-0.1, -0.05) is 19.3 Å². The Balaban J connectivity index is 1.62. The lowest BCUT2D eigenvalue weighted by Crippen LogP contribution is -2.30. The SMILES string of the molecule is CNC1CCCC1Cc1ccn(C2CCCC2)n1. The number of rotatable bonds is 4. The number of aromatic nitrogens is 2. The third kappa shape index (κ3) is 2.46. The first-order chi connectivity index (χ1) is 8.86. The van der Waals surface area contributed by atoms with Crippen LogP contribution in [-0.4, -0.2) is 22.9 Å². The minimum atomic E-state index is 0.683. The molecule has 3 rings (SSSR count). The first kappa shape index (κ1) is 12.2. The molecule has 0 bridgehead atoms. The zero-order valence-corrected chi connectivity index (χ0v) is 11.4. The molecule has 18 heavy (non-hydrogen) atoms. The minimum Gasteiger partial charge on any atom is -0.317 e. The summed E-state index contributed by atoms with van der Waals surface area (Å²) in [6.45, 7) is 0. The molecule has 0 radical (unpaired) electrons. The highest BCUT2D eigenvalue weighted by Crippen LogP contribution is 2.30. The number of hydrogen-bond donors (Lipinski definition) is 1. The summed E-state index contributed by atoms with van der Waals surface area (Å²) < 4.78 is 2.23. The third-order valence-corrected chi connectivity index (χ3v) is 4.86. The van der Waals surface area contributed by atoms with Crippen molar-refractivity contribution in [1.82, 2.24) is 15.1 Å². The Kier molecular flexibility index (Phi) is 3.69. The van der Waals surface area contributed by atoms with Crippen LogP contribution in [0.5, 0.6) is 0 Å². The van der Waals surface area contributed by atoms with Gasteiger partial charge in [0.1, 0.15) is 0 Å². The standard InChI is InChI=1S/C15H25N3/c1-16-15-8-4-5-12(15)11-13-9-10-18(17-13)14-6-2-3-7-14/h9-10,12,14-16H,2-8,11H2,1H3. The van der Waals surface area contributed by atoms with Gasteiger partial charge < -0.3 is 5.32 Å². The number of nitrogens with zero attached hydrogens (tertiary/aromatic N) is 2. The van der Waals surface area contributed by atoms with Crippen LogP contribution in [0.4, 0.5) is 0 Å². The van der Waals surface area contributed by atoms with E-state index in [9.17, 15) is 0 Å². The van der Waals surface area contributed by atoms with Crippen molar-refractivity contribution in [3.05, 3.63) is 18.0 Å². The summed E-state index contributed by atoms with van der Waals surface area (Å²) in [7, 11) is 2.10. The van der Waals surface area contributed by atoms with Crippen molar-refractivity contribution in [2.24, 2.45) is 5.92 Å². The average molecular weight is 247 g/mol. The van der Waals surface area contributed by atoms with E-state index < -0.39 is 0 Å². The monoisotopic (exact) mass is 247 g/mol. The maximum Gasteiger partial charge on any atom is 0.0628 e. The van der Waals surface area contributed by atoms with Gasteiger partial charge in [-0.2, -0.15) is 5.10 Å². The van der Waals surface area contributed by atoms with Gasteiger partial charge in [-0.05, 0) is 51.1 Å². The molecule has 1 aromatic heterocycles. The highest BCUT2D eigenvalue weighted by atomic mass is 15.3. The van der Waals surface area contributed by atoms with Crippen molar-refractivity contribution in [1.29, 1.82) is 0 Å². The van der Waals surface area contributed by atoms with Crippen LogP contribution in [0, 0.1) is 5.92 Å². The molecule has 0 amide bonds. The van der Waals surface area contributed by atoms with Crippen molar-refractivity contribution in [2.45, 2.75) is 63.5 Å². The van der Waals surface area contributed by atoms with E-state index in [4.69, 9.17) is 5.10 Å². The predicted molar refractivity (Wildman–Crippen MR) is 73.6 cm³/mol. The van der Waals surface area contributed by atoms with Gasteiger partial charge in [-0.15, -0.1) is 0 Å². The highest BCUT2D eigenvalue weighted by Gasteiger charge is 2.27. The Hall–Kier alpha value is -0.830. The zero-order valence-electron chi connectivity index (χ0n) is 11.4. The molecule has 0 aromatic carbocycles. The minimum absolute atomic E-state index is 0.683. The van der Waals surface area contributed by atoms with Crippen LogP contribution < -0.4 is 5.32 Å². The molecule has 2 fully saturated rings. The Morgan fingerprint density at radius 1 is 1.22 bits per heavy atom. The maximum atomic E-state index is 4.81. The van der Waals surface area contributed by atoms with Crippen molar-refractivity contribution in [3.8, 4) is 0 Å². The van der Waals surface area contributed by atoms with E-state index in [1.807, 2.05) is 0 Å². The number of nitrogens with one attached hydrogen (secondary N) is 1. The lowest BCUT2D eigenvalue weighted by Gasteiger charge is -2.17. The Bertz CT molecular complexity index is 379. The highest BCUT2D eigenvalue weighted by molar-refractivity contribution is 5.03. The zero-order chi connectivity index (χ0) is 12.4. The molecule has 2 aliphatic rings. The van der Waals surface area contributed by atoms with Gasteiger partial charge >= 0.3 is 0 Å². The van der Waals surface area contributed by atoms with Crippen molar-refractivity contribution in [3.63, 3.8) is 0 Å². The van der Waals surface area contributed by atoms with Gasteiger partial charge in [-0.3, -0.25) is 4.68 Å². The second kappa shape index (κ2) is 5.43. The van der Waals surface area contributed by atoms with Crippen LogP contribution in [0.1, 0.15) is 56.7 Å². The second-order valence-corrected chi connectivity index (χ2v) is 6.02. The van der Waals surface area contributed by atoms with Crippen LogP contribution >= 0.6 is 0 Å². The lowest BCUT2D eigenvalue weighted by atomic mass is 9.98. The summed E-state index contributed by atoms with van der Waals surface area (Å²) in [5.74, 6) is 0.793. The quantitative estimate of drug-likeness (QED) is 0.886. The summed E-state index contributed by atoms with van der Waals surface area (Å²) in [5, 5.41) is 8.27. The van der Waals surface area contributed by atoms with E-state index >= 15 is 0 Å². The van der Waals surface area contributed by atoms with Crippen LogP contribution in [0.3, 0.4) is 0 Å². The fraction of sp³-hybridized carbons (Fsp3) is 0.800. The van der Waals surface area contributed by atoms with E-state index in [1.54, 1.807) is 0 Å². The van der Waals surface area contributed by atoms with Gasteiger partial charge in [0.15, 0.2) is 0 Å². The second-order valence-electron chi connectivity index (χ2n) is 6.02. The fourth-order valence-electron chi connectivity index (χ4n) is 3.79.